The van der Waals surface area contributed by atoms with Crippen molar-refractivity contribution in [2.24, 2.45) is 0 Å². The van der Waals surface area contributed by atoms with Crippen molar-refractivity contribution >= 4 is 32.1 Å². The largest absolute Gasteiger partial charge is 0.495 e. The van der Waals surface area contributed by atoms with Gasteiger partial charge in [0.1, 0.15) is 10.6 Å². The van der Waals surface area contributed by atoms with E-state index in [0.717, 1.165) is 11.5 Å². The molecule has 0 saturated carbocycles. The van der Waals surface area contributed by atoms with E-state index < -0.39 is 9.84 Å². The number of amides is 1. The summed E-state index contributed by atoms with van der Waals surface area (Å²) in [5.74, 6) is 0.464. The topological polar surface area (TPSA) is 66.9 Å². The molecule has 1 aliphatic heterocycles. The number of anilines is 1. The zero-order valence-corrected chi connectivity index (χ0v) is 16.3. The van der Waals surface area contributed by atoms with Gasteiger partial charge in [-0.1, -0.05) is 12.1 Å². The SMILES string of the molecule is COc1ccccc1S(=O)(=O)CCCN1CCN(c2cccs2)C(=O)C1. The summed E-state index contributed by atoms with van der Waals surface area (Å²) < 4.78 is 30.3. The van der Waals surface area contributed by atoms with E-state index in [1.54, 1.807) is 40.5 Å². The predicted molar refractivity (Wildman–Crippen MR) is 103 cm³/mol. The average molecular weight is 395 g/mol. The first-order chi connectivity index (χ1) is 12.5. The average Bonchev–Trinajstić information content (AvgIpc) is 3.16. The lowest BCUT2D eigenvalue weighted by atomic mass is 10.3. The van der Waals surface area contributed by atoms with E-state index in [-0.39, 0.29) is 16.6 Å². The Morgan fingerprint density at radius 3 is 2.65 bits per heavy atom. The number of nitrogens with zero attached hydrogens (tertiary/aromatic N) is 2. The Kier molecular flexibility index (Phi) is 5.95. The van der Waals surface area contributed by atoms with Gasteiger partial charge in [-0.2, -0.15) is 0 Å². The molecule has 26 heavy (non-hydrogen) atoms. The first kappa shape index (κ1) is 18.9. The third-order valence-corrected chi connectivity index (χ3v) is 7.09. The van der Waals surface area contributed by atoms with Crippen molar-refractivity contribution in [2.75, 3.05) is 43.9 Å². The van der Waals surface area contributed by atoms with Gasteiger partial charge in [0, 0.05) is 13.1 Å². The van der Waals surface area contributed by atoms with Gasteiger partial charge in [0.05, 0.1) is 24.4 Å². The Balaban J connectivity index is 1.53. The highest BCUT2D eigenvalue weighted by Crippen LogP contribution is 2.25. The van der Waals surface area contributed by atoms with Crippen molar-refractivity contribution in [3.8, 4) is 5.75 Å². The third-order valence-electron chi connectivity index (χ3n) is 4.36. The van der Waals surface area contributed by atoms with Crippen LogP contribution in [-0.2, 0) is 14.6 Å². The van der Waals surface area contributed by atoms with E-state index in [0.29, 0.717) is 31.8 Å². The maximum absolute atomic E-state index is 12.6. The van der Waals surface area contributed by atoms with Crippen molar-refractivity contribution < 1.29 is 17.9 Å². The second-order valence-electron chi connectivity index (χ2n) is 6.10. The first-order valence-corrected chi connectivity index (χ1v) is 11.0. The van der Waals surface area contributed by atoms with Crippen LogP contribution in [-0.4, -0.2) is 58.3 Å². The van der Waals surface area contributed by atoms with Crippen molar-refractivity contribution in [3.63, 3.8) is 0 Å². The van der Waals surface area contributed by atoms with Gasteiger partial charge in [-0.15, -0.1) is 11.3 Å². The van der Waals surface area contributed by atoms with Crippen molar-refractivity contribution in [3.05, 3.63) is 41.8 Å². The third kappa shape index (κ3) is 4.25. The van der Waals surface area contributed by atoms with Gasteiger partial charge >= 0.3 is 0 Å². The Hall–Kier alpha value is -1.90. The summed E-state index contributed by atoms with van der Waals surface area (Å²) in [6, 6.07) is 10.5. The molecule has 1 fully saturated rings. The number of para-hydroxylation sites is 1. The molecule has 1 aliphatic rings. The van der Waals surface area contributed by atoms with E-state index in [1.165, 1.54) is 7.11 Å². The molecule has 1 saturated heterocycles. The van der Waals surface area contributed by atoms with Crippen LogP contribution in [0.4, 0.5) is 5.00 Å². The summed E-state index contributed by atoms with van der Waals surface area (Å²) in [6.45, 7) is 2.29. The number of sulfone groups is 1. The predicted octanol–water partition coefficient (Wildman–Crippen LogP) is 2.27. The molecule has 0 spiro atoms. The molecule has 6 nitrogen and oxygen atoms in total. The molecule has 0 aliphatic carbocycles. The molecule has 0 unspecified atom stereocenters. The molecular weight excluding hydrogens is 372 g/mol. The second-order valence-corrected chi connectivity index (χ2v) is 9.10. The minimum absolute atomic E-state index is 0.0344. The van der Waals surface area contributed by atoms with Crippen LogP contribution >= 0.6 is 11.3 Å². The van der Waals surface area contributed by atoms with Gasteiger partial charge in [0.15, 0.2) is 9.84 Å². The smallest absolute Gasteiger partial charge is 0.241 e. The minimum atomic E-state index is -3.41. The number of hydrogen-bond donors (Lipinski definition) is 0. The number of hydrogen-bond acceptors (Lipinski definition) is 6. The van der Waals surface area contributed by atoms with Crippen molar-refractivity contribution in [1.82, 2.24) is 4.90 Å². The normalized spacial score (nSPS) is 16.0. The number of rotatable bonds is 7. The lowest BCUT2D eigenvalue weighted by Crippen LogP contribution is -2.50. The molecule has 1 aromatic heterocycles. The first-order valence-electron chi connectivity index (χ1n) is 8.43. The van der Waals surface area contributed by atoms with Crippen LogP contribution in [0.5, 0.6) is 5.75 Å². The molecular formula is C18H22N2O4S2. The lowest BCUT2D eigenvalue weighted by Gasteiger charge is -2.33. The van der Waals surface area contributed by atoms with Crippen LogP contribution in [0.15, 0.2) is 46.7 Å². The number of carbonyl (C=O) groups excluding carboxylic acids is 1. The molecule has 3 rings (SSSR count). The summed E-state index contributed by atoms with van der Waals surface area (Å²) in [4.78, 5) is 16.4. The molecule has 0 radical (unpaired) electrons. The molecule has 0 atom stereocenters. The van der Waals surface area contributed by atoms with Crippen LogP contribution in [0.1, 0.15) is 6.42 Å². The monoisotopic (exact) mass is 394 g/mol. The van der Waals surface area contributed by atoms with Crippen LogP contribution in [0.2, 0.25) is 0 Å². The number of benzene rings is 1. The molecule has 1 amide bonds. The van der Waals surface area contributed by atoms with E-state index in [4.69, 9.17) is 4.74 Å². The summed E-state index contributed by atoms with van der Waals surface area (Å²) in [6.07, 6.45) is 0.479. The van der Waals surface area contributed by atoms with Crippen LogP contribution in [0.3, 0.4) is 0 Å². The molecule has 140 valence electrons. The maximum Gasteiger partial charge on any atom is 0.241 e. The highest BCUT2D eigenvalue weighted by molar-refractivity contribution is 7.91. The quantitative estimate of drug-likeness (QED) is 0.721. The van der Waals surface area contributed by atoms with Crippen molar-refractivity contribution in [1.29, 1.82) is 0 Å². The number of methoxy groups -OCH3 is 1. The maximum atomic E-state index is 12.6. The summed E-state index contributed by atoms with van der Waals surface area (Å²) >= 11 is 1.55. The van der Waals surface area contributed by atoms with Gasteiger partial charge in [-0.25, -0.2) is 8.42 Å². The van der Waals surface area contributed by atoms with Crippen LogP contribution in [0, 0.1) is 0 Å². The summed E-state index contributed by atoms with van der Waals surface area (Å²) in [5.41, 5.74) is 0. The number of piperazine rings is 1. The Morgan fingerprint density at radius 1 is 1.15 bits per heavy atom. The van der Waals surface area contributed by atoms with Gasteiger partial charge in [0.2, 0.25) is 5.91 Å². The zero-order chi connectivity index (χ0) is 18.6. The van der Waals surface area contributed by atoms with Gasteiger partial charge < -0.3 is 9.64 Å². The summed E-state index contributed by atoms with van der Waals surface area (Å²) in [5, 5.41) is 2.92. The fraction of sp³-hybridized carbons (Fsp3) is 0.389. The van der Waals surface area contributed by atoms with E-state index >= 15 is 0 Å². The van der Waals surface area contributed by atoms with Crippen LogP contribution in [0.25, 0.3) is 0 Å². The van der Waals surface area contributed by atoms with Crippen LogP contribution < -0.4 is 9.64 Å². The Morgan fingerprint density at radius 2 is 1.96 bits per heavy atom. The van der Waals surface area contributed by atoms with E-state index in [9.17, 15) is 13.2 Å². The van der Waals surface area contributed by atoms with E-state index in [2.05, 4.69) is 0 Å². The molecule has 2 heterocycles. The zero-order valence-electron chi connectivity index (χ0n) is 14.6. The Labute approximate surface area is 157 Å². The molecule has 0 N–H and O–H groups in total. The fourth-order valence-corrected chi connectivity index (χ4v) is 5.28. The Bertz CT molecular complexity index is 850. The highest BCUT2D eigenvalue weighted by atomic mass is 32.2. The lowest BCUT2D eigenvalue weighted by molar-refractivity contribution is -0.121. The van der Waals surface area contributed by atoms with Gasteiger partial charge in [0.25, 0.3) is 0 Å². The number of thiophene rings is 1. The standard InChI is InChI=1S/C18H22N2O4S2/c1-24-15-6-2-3-7-16(15)26(22,23)13-5-9-19-10-11-20(17(21)14-19)18-8-4-12-25-18/h2-4,6-8,12H,5,9-11,13-14H2,1H3. The number of carbonyl (C=O) groups is 1. The second kappa shape index (κ2) is 8.20. The number of ether oxygens (including phenoxy) is 1. The highest BCUT2D eigenvalue weighted by Gasteiger charge is 2.26. The summed E-state index contributed by atoms with van der Waals surface area (Å²) in [7, 11) is -1.94. The molecule has 0 bridgehead atoms. The van der Waals surface area contributed by atoms with Gasteiger partial charge in [-0.05, 0) is 42.6 Å². The molecule has 8 heteroatoms. The minimum Gasteiger partial charge on any atom is -0.495 e. The van der Waals surface area contributed by atoms with Gasteiger partial charge in [-0.3, -0.25) is 9.69 Å². The van der Waals surface area contributed by atoms with Crippen molar-refractivity contribution in [2.45, 2.75) is 11.3 Å². The molecule has 2 aromatic rings. The fourth-order valence-electron chi connectivity index (χ4n) is 3.03. The molecule has 1 aromatic carbocycles. The van der Waals surface area contributed by atoms with E-state index in [1.807, 2.05) is 22.4 Å².